The van der Waals surface area contributed by atoms with Gasteiger partial charge in [0.2, 0.25) is 11.8 Å². The summed E-state index contributed by atoms with van der Waals surface area (Å²) in [5, 5.41) is 2.56. The van der Waals surface area contributed by atoms with Gasteiger partial charge >= 0.3 is 0 Å². The van der Waals surface area contributed by atoms with Crippen LogP contribution < -0.4 is 11.1 Å². The van der Waals surface area contributed by atoms with Crippen molar-refractivity contribution in [2.75, 3.05) is 11.1 Å². The second-order valence-electron chi connectivity index (χ2n) is 5.34. The van der Waals surface area contributed by atoms with E-state index in [1.807, 2.05) is 0 Å². The summed E-state index contributed by atoms with van der Waals surface area (Å²) in [4.78, 5) is 36.1. The van der Waals surface area contributed by atoms with Gasteiger partial charge in [-0.15, -0.1) is 0 Å². The van der Waals surface area contributed by atoms with E-state index in [0.717, 1.165) is 17.3 Å². The highest BCUT2D eigenvalue weighted by Gasteiger charge is 2.45. The number of nitrogens with two attached hydrogens (primary N) is 1. The Bertz CT molecular complexity index is 594. The SMILES string of the molecule is NC1(C(=O)Nc2ccc(CN3C(=O)CSC3=O)cc2)CC1. The molecule has 3 amide bonds. The van der Waals surface area contributed by atoms with Gasteiger partial charge in [0.1, 0.15) is 0 Å². The Kier molecular flexibility index (Phi) is 3.46. The van der Waals surface area contributed by atoms with Crippen LogP contribution in [-0.4, -0.2) is 33.2 Å². The maximum atomic E-state index is 11.8. The minimum atomic E-state index is -0.704. The first-order valence-corrected chi connectivity index (χ1v) is 7.63. The molecule has 0 aromatic heterocycles. The van der Waals surface area contributed by atoms with Gasteiger partial charge < -0.3 is 11.1 Å². The molecule has 0 spiro atoms. The molecule has 3 N–H and O–H groups in total. The number of nitrogens with zero attached hydrogens (tertiary/aromatic N) is 1. The summed E-state index contributed by atoms with van der Waals surface area (Å²) in [6.45, 7) is 0.264. The lowest BCUT2D eigenvalue weighted by Gasteiger charge is -2.14. The molecule has 1 aliphatic heterocycles. The monoisotopic (exact) mass is 305 g/mol. The van der Waals surface area contributed by atoms with E-state index in [9.17, 15) is 14.4 Å². The number of nitrogens with one attached hydrogen (secondary N) is 1. The Balaban J connectivity index is 1.63. The Morgan fingerprint density at radius 3 is 2.48 bits per heavy atom. The fourth-order valence-corrected chi connectivity index (χ4v) is 2.75. The van der Waals surface area contributed by atoms with Crippen molar-refractivity contribution >= 4 is 34.5 Å². The maximum Gasteiger partial charge on any atom is 0.289 e. The van der Waals surface area contributed by atoms with Crippen LogP contribution in [0.2, 0.25) is 0 Å². The number of imide groups is 1. The molecular formula is C14H15N3O3S. The van der Waals surface area contributed by atoms with E-state index in [4.69, 9.17) is 5.73 Å². The van der Waals surface area contributed by atoms with E-state index in [0.29, 0.717) is 18.5 Å². The van der Waals surface area contributed by atoms with Crippen LogP contribution in [0.5, 0.6) is 0 Å². The number of rotatable bonds is 4. The second-order valence-corrected chi connectivity index (χ2v) is 6.27. The molecular weight excluding hydrogens is 290 g/mol. The number of carbonyl (C=O) groups excluding carboxylic acids is 3. The topological polar surface area (TPSA) is 92.5 Å². The highest BCUT2D eigenvalue weighted by molar-refractivity contribution is 8.14. The lowest BCUT2D eigenvalue weighted by molar-refractivity contribution is -0.125. The first-order valence-electron chi connectivity index (χ1n) is 6.64. The van der Waals surface area contributed by atoms with Crippen molar-refractivity contribution in [1.29, 1.82) is 0 Å². The number of hydrogen-bond donors (Lipinski definition) is 2. The van der Waals surface area contributed by atoms with Crippen LogP contribution in [0, 0.1) is 0 Å². The Hall–Kier alpha value is -1.86. The molecule has 7 heteroatoms. The van der Waals surface area contributed by atoms with Gasteiger partial charge in [-0.05, 0) is 30.5 Å². The minimum Gasteiger partial charge on any atom is -0.324 e. The van der Waals surface area contributed by atoms with Gasteiger partial charge in [0.25, 0.3) is 5.24 Å². The van der Waals surface area contributed by atoms with Crippen LogP contribution in [-0.2, 0) is 16.1 Å². The molecule has 0 radical (unpaired) electrons. The summed E-state index contributed by atoms with van der Waals surface area (Å²) < 4.78 is 0. The van der Waals surface area contributed by atoms with E-state index < -0.39 is 5.54 Å². The molecule has 1 heterocycles. The standard InChI is InChI=1S/C14H15N3O3S/c15-14(5-6-14)12(19)16-10-3-1-9(2-4-10)7-17-11(18)8-21-13(17)20/h1-4H,5-8,15H2,(H,16,19). The molecule has 110 valence electrons. The summed E-state index contributed by atoms with van der Waals surface area (Å²) in [5.74, 6) is -0.122. The second kappa shape index (κ2) is 5.16. The van der Waals surface area contributed by atoms with Gasteiger partial charge in [-0.3, -0.25) is 19.3 Å². The number of amides is 3. The molecule has 1 saturated carbocycles. The summed E-state index contributed by atoms with van der Waals surface area (Å²) in [6.07, 6.45) is 1.43. The summed E-state index contributed by atoms with van der Waals surface area (Å²) >= 11 is 1.02. The first-order chi connectivity index (χ1) is 9.98. The van der Waals surface area contributed by atoms with Crippen molar-refractivity contribution in [3.63, 3.8) is 0 Å². The van der Waals surface area contributed by atoms with Gasteiger partial charge in [-0.1, -0.05) is 23.9 Å². The molecule has 3 rings (SSSR count). The molecule has 2 fully saturated rings. The number of hydrogen-bond acceptors (Lipinski definition) is 5. The molecule has 0 atom stereocenters. The molecule has 1 aromatic rings. The third-order valence-corrected chi connectivity index (χ3v) is 4.49. The predicted molar refractivity (Wildman–Crippen MR) is 79.6 cm³/mol. The maximum absolute atomic E-state index is 11.8. The molecule has 0 bridgehead atoms. The Labute approximate surface area is 126 Å². The largest absolute Gasteiger partial charge is 0.324 e. The lowest BCUT2D eigenvalue weighted by atomic mass is 10.2. The van der Waals surface area contributed by atoms with Crippen molar-refractivity contribution in [2.24, 2.45) is 5.73 Å². The Morgan fingerprint density at radius 2 is 1.95 bits per heavy atom. The van der Waals surface area contributed by atoms with E-state index in [2.05, 4.69) is 5.32 Å². The average Bonchev–Trinajstić information content (AvgIpc) is 3.15. The fraction of sp³-hybridized carbons (Fsp3) is 0.357. The van der Waals surface area contributed by atoms with Crippen molar-refractivity contribution in [2.45, 2.75) is 24.9 Å². The van der Waals surface area contributed by atoms with Crippen molar-refractivity contribution in [1.82, 2.24) is 4.90 Å². The van der Waals surface area contributed by atoms with Gasteiger partial charge in [0.15, 0.2) is 0 Å². The number of anilines is 1. The first kappa shape index (κ1) is 14.1. The van der Waals surface area contributed by atoms with E-state index >= 15 is 0 Å². The molecule has 1 aromatic carbocycles. The van der Waals surface area contributed by atoms with Gasteiger partial charge in [-0.25, -0.2) is 0 Å². The van der Waals surface area contributed by atoms with Crippen LogP contribution in [0.4, 0.5) is 10.5 Å². The summed E-state index contributed by atoms with van der Waals surface area (Å²) in [7, 11) is 0. The van der Waals surface area contributed by atoms with Crippen molar-refractivity contribution in [3.8, 4) is 0 Å². The molecule has 21 heavy (non-hydrogen) atoms. The van der Waals surface area contributed by atoms with Crippen molar-refractivity contribution in [3.05, 3.63) is 29.8 Å². The number of carbonyl (C=O) groups is 3. The highest BCUT2D eigenvalue weighted by Crippen LogP contribution is 2.33. The highest BCUT2D eigenvalue weighted by atomic mass is 32.2. The Morgan fingerprint density at radius 1 is 1.29 bits per heavy atom. The van der Waals surface area contributed by atoms with Crippen LogP contribution in [0.15, 0.2) is 24.3 Å². The summed E-state index contributed by atoms with van der Waals surface area (Å²) in [6, 6.07) is 7.07. The van der Waals surface area contributed by atoms with Gasteiger partial charge in [0, 0.05) is 5.69 Å². The van der Waals surface area contributed by atoms with E-state index in [-0.39, 0.29) is 29.4 Å². The third kappa shape index (κ3) is 2.93. The zero-order valence-electron chi connectivity index (χ0n) is 11.3. The van der Waals surface area contributed by atoms with Crippen molar-refractivity contribution < 1.29 is 14.4 Å². The zero-order chi connectivity index (χ0) is 15.0. The smallest absolute Gasteiger partial charge is 0.289 e. The van der Waals surface area contributed by atoms with Crippen LogP contribution in [0.25, 0.3) is 0 Å². The van der Waals surface area contributed by atoms with E-state index in [1.165, 1.54) is 4.90 Å². The van der Waals surface area contributed by atoms with Gasteiger partial charge in [0.05, 0.1) is 17.8 Å². The molecule has 2 aliphatic rings. The van der Waals surface area contributed by atoms with Crippen LogP contribution >= 0.6 is 11.8 Å². The van der Waals surface area contributed by atoms with Crippen LogP contribution in [0.1, 0.15) is 18.4 Å². The lowest BCUT2D eigenvalue weighted by Crippen LogP contribution is -2.37. The zero-order valence-corrected chi connectivity index (χ0v) is 12.1. The quantitative estimate of drug-likeness (QED) is 0.875. The summed E-state index contributed by atoms with van der Waals surface area (Å²) in [5.41, 5.74) is 6.61. The predicted octanol–water partition coefficient (Wildman–Crippen LogP) is 1.31. The van der Waals surface area contributed by atoms with Crippen LogP contribution in [0.3, 0.4) is 0 Å². The fourth-order valence-electron chi connectivity index (χ4n) is 2.03. The van der Waals surface area contributed by atoms with E-state index in [1.54, 1.807) is 24.3 Å². The minimum absolute atomic E-state index is 0.166. The normalized spacial score (nSPS) is 19.8. The molecule has 1 aliphatic carbocycles. The molecule has 0 unspecified atom stereocenters. The van der Waals surface area contributed by atoms with Gasteiger partial charge in [-0.2, -0.15) is 0 Å². The number of thioether (sulfide) groups is 1. The molecule has 6 nitrogen and oxygen atoms in total. The average molecular weight is 305 g/mol. The third-order valence-electron chi connectivity index (χ3n) is 3.63. The molecule has 1 saturated heterocycles. The number of benzene rings is 1.